The fourth-order valence-corrected chi connectivity index (χ4v) is 3.41. The molecule has 0 aliphatic carbocycles. The molecule has 2 rings (SSSR count). The van der Waals surface area contributed by atoms with Crippen LogP contribution in [0, 0.1) is 0 Å². The van der Waals surface area contributed by atoms with E-state index in [0.717, 1.165) is 4.21 Å². The van der Waals surface area contributed by atoms with Crippen molar-refractivity contribution in [1.82, 2.24) is 0 Å². The lowest BCUT2D eigenvalue weighted by molar-refractivity contribution is -0.113. The Morgan fingerprint density at radius 3 is 2.63 bits per heavy atom. The first-order valence-electron chi connectivity index (χ1n) is 5.27. The molecule has 2 aromatic rings. The van der Waals surface area contributed by atoms with Crippen LogP contribution < -0.4 is 11.1 Å². The highest BCUT2D eigenvalue weighted by molar-refractivity contribution is 8.01. The molecule has 19 heavy (non-hydrogen) atoms. The molecule has 0 fully saturated rings. The Labute approximate surface area is 129 Å². The lowest BCUT2D eigenvalue weighted by Gasteiger charge is -2.08. The predicted molar refractivity (Wildman–Crippen MR) is 84.5 cm³/mol. The molecule has 0 bridgehead atoms. The number of amides is 1. The molecular formula is C12H10Cl2N2OS2. The number of thioether (sulfide) groups is 1. The van der Waals surface area contributed by atoms with E-state index in [1.54, 1.807) is 23.5 Å². The molecule has 0 atom stereocenters. The summed E-state index contributed by atoms with van der Waals surface area (Å²) in [4.78, 5) is 11.8. The molecule has 1 amide bonds. The number of anilines is 2. The van der Waals surface area contributed by atoms with Gasteiger partial charge in [0, 0.05) is 5.69 Å². The number of halogens is 2. The van der Waals surface area contributed by atoms with Crippen molar-refractivity contribution in [1.29, 1.82) is 0 Å². The van der Waals surface area contributed by atoms with Crippen molar-refractivity contribution in [2.45, 2.75) is 4.21 Å². The number of carbonyl (C=O) groups is 1. The highest BCUT2D eigenvalue weighted by Crippen LogP contribution is 2.31. The van der Waals surface area contributed by atoms with Crippen LogP contribution in [-0.4, -0.2) is 11.7 Å². The van der Waals surface area contributed by atoms with Gasteiger partial charge < -0.3 is 11.1 Å². The van der Waals surface area contributed by atoms with Gasteiger partial charge in [-0.3, -0.25) is 4.79 Å². The van der Waals surface area contributed by atoms with Crippen LogP contribution in [0.5, 0.6) is 0 Å². The molecule has 0 radical (unpaired) electrons. The van der Waals surface area contributed by atoms with Crippen molar-refractivity contribution in [2.75, 3.05) is 16.8 Å². The molecule has 100 valence electrons. The van der Waals surface area contributed by atoms with Gasteiger partial charge >= 0.3 is 0 Å². The van der Waals surface area contributed by atoms with Gasteiger partial charge in [0.1, 0.15) is 0 Å². The zero-order valence-corrected chi connectivity index (χ0v) is 12.8. The van der Waals surface area contributed by atoms with E-state index in [-0.39, 0.29) is 5.91 Å². The molecule has 7 heteroatoms. The van der Waals surface area contributed by atoms with E-state index in [0.29, 0.717) is 27.2 Å². The van der Waals surface area contributed by atoms with Crippen LogP contribution in [0.25, 0.3) is 0 Å². The van der Waals surface area contributed by atoms with Crippen LogP contribution in [0.15, 0.2) is 33.9 Å². The molecule has 3 nitrogen and oxygen atoms in total. The van der Waals surface area contributed by atoms with Gasteiger partial charge in [-0.15, -0.1) is 23.1 Å². The summed E-state index contributed by atoms with van der Waals surface area (Å²) in [6.07, 6.45) is 0. The van der Waals surface area contributed by atoms with Crippen LogP contribution in [0.1, 0.15) is 0 Å². The quantitative estimate of drug-likeness (QED) is 0.645. The molecule has 1 heterocycles. The maximum Gasteiger partial charge on any atom is 0.234 e. The predicted octanol–water partition coefficient (Wildman–Crippen LogP) is 4.37. The number of nitrogens with two attached hydrogens (primary N) is 1. The molecule has 0 spiro atoms. The van der Waals surface area contributed by atoms with Crippen molar-refractivity contribution in [2.24, 2.45) is 0 Å². The largest absolute Gasteiger partial charge is 0.396 e. The number of benzene rings is 1. The Morgan fingerprint density at radius 1 is 1.37 bits per heavy atom. The third-order valence-corrected chi connectivity index (χ3v) is 4.96. The maximum absolute atomic E-state index is 11.8. The molecule has 1 aromatic heterocycles. The minimum Gasteiger partial charge on any atom is -0.396 e. The first kappa shape index (κ1) is 14.5. The van der Waals surface area contributed by atoms with Gasteiger partial charge in [0.2, 0.25) is 5.91 Å². The first-order chi connectivity index (χ1) is 9.06. The van der Waals surface area contributed by atoms with Crippen molar-refractivity contribution in [3.05, 3.63) is 39.7 Å². The van der Waals surface area contributed by atoms with Crippen LogP contribution in [-0.2, 0) is 4.79 Å². The average Bonchev–Trinajstić information content (AvgIpc) is 2.86. The topological polar surface area (TPSA) is 55.1 Å². The van der Waals surface area contributed by atoms with Gasteiger partial charge in [-0.1, -0.05) is 29.3 Å². The van der Waals surface area contributed by atoms with E-state index in [9.17, 15) is 4.79 Å². The molecule has 3 N–H and O–H groups in total. The number of hydrogen-bond donors (Lipinski definition) is 2. The minimum atomic E-state index is -0.115. The monoisotopic (exact) mass is 332 g/mol. The van der Waals surface area contributed by atoms with Gasteiger partial charge in [-0.25, -0.2) is 0 Å². The van der Waals surface area contributed by atoms with Gasteiger partial charge in [-0.2, -0.15) is 0 Å². The average molecular weight is 333 g/mol. The first-order valence-corrected chi connectivity index (χ1v) is 7.89. The lowest BCUT2D eigenvalue weighted by atomic mass is 10.3. The van der Waals surface area contributed by atoms with Crippen molar-refractivity contribution < 1.29 is 4.79 Å². The summed E-state index contributed by atoms with van der Waals surface area (Å²) in [7, 11) is 0. The van der Waals surface area contributed by atoms with E-state index in [2.05, 4.69) is 5.32 Å². The molecule has 0 saturated carbocycles. The highest BCUT2D eigenvalue weighted by Gasteiger charge is 2.08. The Balaban J connectivity index is 1.95. The normalized spacial score (nSPS) is 10.4. The minimum absolute atomic E-state index is 0.115. The van der Waals surface area contributed by atoms with E-state index in [1.807, 2.05) is 17.5 Å². The van der Waals surface area contributed by atoms with E-state index >= 15 is 0 Å². The van der Waals surface area contributed by atoms with E-state index in [1.165, 1.54) is 11.8 Å². The van der Waals surface area contributed by atoms with Gasteiger partial charge in [0.15, 0.2) is 0 Å². The zero-order chi connectivity index (χ0) is 13.8. The lowest BCUT2D eigenvalue weighted by Crippen LogP contribution is -2.14. The summed E-state index contributed by atoms with van der Waals surface area (Å²) in [6.45, 7) is 0. The number of thiophene rings is 1. The Bertz CT molecular complexity index is 564. The molecular weight excluding hydrogens is 323 g/mol. The summed E-state index contributed by atoms with van der Waals surface area (Å²) in [5.74, 6) is 0.218. The van der Waals surface area contributed by atoms with E-state index in [4.69, 9.17) is 28.9 Å². The molecule has 0 saturated heterocycles. The van der Waals surface area contributed by atoms with Crippen LogP contribution >= 0.6 is 46.3 Å². The van der Waals surface area contributed by atoms with Crippen LogP contribution in [0.3, 0.4) is 0 Å². The van der Waals surface area contributed by atoms with Crippen LogP contribution in [0.4, 0.5) is 11.4 Å². The summed E-state index contributed by atoms with van der Waals surface area (Å²) < 4.78 is 1.10. The summed E-state index contributed by atoms with van der Waals surface area (Å²) >= 11 is 14.9. The SMILES string of the molecule is Nc1c(Cl)cc(NC(=O)CSc2cccs2)cc1Cl. The summed E-state index contributed by atoms with van der Waals surface area (Å²) in [5.41, 5.74) is 6.48. The zero-order valence-electron chi connectivity index (χ0n) is 9.65. The van der Waals surface area contributed by atoms with Gasteiger partial charge in [0.05, 0.1) is 25.7 Å². The van der Waals surface area contributed by atoms with Gasteiger partial charge in [-0.05, 0) is 23.6 Å². The number of nitrogen functional groups attached to an aromatic ring is 1. The second-order valence-electron chi connectivity index (χ2n) is 3.62. The smallest absolute Gasteiger partial charge is 0.234 e. The van der Waals surface area contributed by atoms with Crippen molar-refractivity contribution in [3.63, 3.8) is 0 Å². The second-order valence-corrected chi connectivity index (χ2v) is 6.66. The highest BCUT2D eigenvalue weighted by atomic mass is 35.5. The third-order valence-electron chi connectivity index (χ3n) is 2.20. The fraction of sp³-hybridized carbons (Fsp3) is 0.0833. The van der Waals surface area contributed by atoms with Crippen molar-refractivity contribution >= 4 is 63.6 Å². The molecule has 0 aliphatic rings. The second kappa shape index (κ2) is 6.52. The Kier molecular flexibility index (Phi) is 4.99. The summed E-state index contributed by atoms with van der Waals surface area (Å²) in [6, 6.07) is 7.08. The molecule has 1 aromatic carbocycles. The fourth-order valence-electron chi connectivity index (χ4n) is 1.34. The third kappa shape index (κ3) is 4.04. The number of rotatable bonds is 4. The van der Waals surface area contributed by atoms with Crippen LogP contribution in [0.2, 0.25) is 10.0 Å². The molecule has 0 aliphatic heterocycles. The Morgan fingerprint density at radius 2 is 2.05 bits per heavy atom. The molecule has 0 unspecified atom stereocenters. The number of nitrogens with one attached hydrogen (secondary N) is 1. The van der Waals surface area contributed by atoms with E-state index < -0.39 is 0 Å². The number of carbonyl (C=O) groups excluding carboxylic acids is 1. The van der Waals surface area contributed by atoms with Gasteiger partial charge in [0.25, 0.3) is 0 Å². The standard InChI is InChI=1S/C12H10Cl2N2OS2/c13-8-4-7(5-9(14)12(8)15)16-10(17)6-19-11-2-1-3-18-11/h1-5H,6,15H2,(H,16,17). The number of hydrogen-bond acceptors (Lipinski definition) is 4. The van der Waals surface area contributed by atoms with Crippen molar-refractivity contribution in [3.8, 4) is 0 Å². The maximum atomic E-state index is 11.8. The Hall–Kier alpha value is -0.880. The summed E-state index contributed by atoms with van der Waals surface area (Å²) in [5, 5.41) is 5.36.